The lowest BCUT2D eigenvalue weighted by atomic mass is 10.0. The van der Waals surface area contributed by atoms with Crippen molar-refractivity contribution in [1.29, 1.82) is 0 Å². The van der Waals surface area contributed by atoms with Gasteiger partial charge in [-0.2, -0.15) is 0 Å². The molecule has 1 atom stereocenters. The SMILES string of the molecule is CCNC(C)c1ccc(C)cc1OCc1cccc(Br)c1. The first-order valence-corrected chi connectivity index (χ1v) is 8.10. The minimum absolute atomic E-state index is 0.285. The van der Waals surface area contributed by atoms with Crippen molar-refractivity contribution in [3.05, 3.63) is 63.6 Å². The summed E-state index contributed by atoms with van der Waals surface area (Å²) in [5.74, 6) is 0.962. The molecule has 0 aliphatic carbocycles. The van der Waals surface area contributed by atoms with Crippen molar-refractivity contribution >= 4 is 15.9 Å². The maximum atomic E-state index is 6.07. The molecule has 2 aromatic rings. The molecule has 2 rings (SSSR count). The fourth-order valence-electron chi connectivity index (χ4n) is 2.33. The average molecular weight is 348 g/mol. The normalized spacial score (nSPS) is 12.2. The fourth-order valence-corrected chi connectivity index (χ4v) is 2.77. The molecule has 0 aliphatic heterocycles. The highest BCUT2D eigenvalue weighted by atomic mass is 79.9. The van der Waals surface area contributed by atoms with Gasteiger partial charge in [-0.1, -0.05) is 47.1 Å². The van der Waals surface area contributed by atoms with Crippen molar-refractivity contribution < 1.29 is 4.74 Å². The Labute approximate surface area is 135 Å². The molecule has 0 bridgehead atoms. The minimum atomic E-state index is 0.285. The fraction of sp³-hybridized carbons (Fsp3) is 0.333. The number of aryl methyl sites for hydroxylation is 1. The Morgan fingerprint density at radius 3 is 2.71 bits per heavy atom. The van der Waals surface area contributed by atoms with Crippen LogP contribution in [0.2, 0.25) is 0 Å². The lowest BCUT2D eigenvalue weighted by molar-refractivity contribution is 0.299. The van der Waals surface area contributed by atoms with Gasteiger partial charge in [-0.15, -0.1) is 0 Å². The predicted molar refractivity (Wildman–Crippen MR) is 91.7 cm³/mol. The summed E-state index contributed by atoms with van der Waals surface area (Å²) in [7, 11) is 0. The summed E-state index contributed by atoms with van der Waals surface area (Å²) >= 11 is 3.49. The Balaban J connectivity index is 2.16. The van der Waals surface area contributed by atoms with Crippen molar-refractivity contribution in [3.63, 3.8) is 0 Å². The number of benzene rings is 2. The van der Waals surface area contributed by atoms with Crippen molar-refractivity contribution in [1.82, 2.24) is 5.32 Å². The minimum Gasteiger partial charge on any atom is -0.489 e. The molecule has 1 N–H and O–H groups in total. The smallest absolute Gasteiger partial charge is 0.124 e. The molecule has 0 saturated heterocycles. The molecule has 0 radical (unpaired) electrons. The Bertz CT molecular complexity index is 598. The predicted octanol–water partition coefficient (Wildman–Crippen LogP) is 5.01. The van der Waals surface area contributed by atoms with Gasteiger partial charge in [0.15, 0.2) is 0 Å². The molecule has 21 heavy (non-hydrogen) atoms. The van der Waals surface area contributed by atoms with Crippen LogP contribution < -0.4 is 10.1 Å². The van der Waals surface area contributed by atoms with Crippen LogP contribution in [0.4, 0.5) is 0 Å². The number of hydrogen-bond acceptors (Lipinski definition) is 2. The number of rotatable bonds is 6. The van der Waals surface area contributed by atoms with Crippen LogP contribution >= 0.6 is 15.9 Å². The van der Waals surface area contributed by atoms with Crippen molar-refractivity contribution in [2.75, 3.05) is 6.54 Å². The van der Waals surface area contributed by atoms with E-state index >= 15 is 0 Å². The van der Waals surface area contributed by atoms with E-state index in [9.17, 15) is 0 Å². The Hall–Kier alpha value is -1.32. The topological polar surface area (TPSA) is 21.3 Å². The highest BCUT2D eigenvalue weighted by Crippen LogP contribution is 2.27. The van der Waals surface area contributed by atoms with Crippen molar-refractivity contribution in [2.45, 2.75) is 33.4 Å². The number of hydrogen-bond donors (Lipinski definition) is 1. The summed E-state index contributed by atoms with van der Waals surface area (Å²) in [5.41, 5.74) is 3.58. The first-order chi connectivity index (χ1) is 10.1. The van der Waals surface area contributed by atoms with E-state index in [1.165, 1.54) is 11.1 Å². The molecule has 0 heterocycles. The van der Waals surface area contributed by atoms with Crippen LogP contribution in [0.25, 0.3) is 0 Å². The Morgan fingerprint density at radius 1 is 1.19 bits per heavy atom. The zero-order chi connectivity index (χ0) is 15.2. The van der Waals surface area contributed by atoms with Crippen LogP contribution in [0.3, 0.4) is 0 Å². The van der Waals surface area contributed by atoms with Gasteiger partial charge in [-0.3, -0.25) is 0 Å². The van der Waals surface area contributed by atoms with Gasteiger partial charge in [0.05, 0.1) is 0 Å². The lowest BCUT2D eigenvalue weighted by Gasteiger charge is -2.18. The maximum Gasteiger partial charge on any atom is 0.124 e. The second-order valence-corrected chi connectivity index (χ2v) is 6.15. The molecule has 0 saturated carbocycles. The summed E-state index contributed by atoms with van der Waals surface area (Å²) in [5, 5.41) is 3.44. The zero-order valence-corrected chi connectivity index (χ0v) is 14.4. The second kappa shape index (κ2) is 7.62. The monoisotopic (exact) mass is 347 g/mol. The van der Waals surface area contributed by atoms with Crippen molar-refractivity contribution in [3.8, 4) is 5.75 Å². The van der Waals surface area contributed by atoms with Crippen LogP contribution in [0, 0.1) is 6.92 Å². The van der Waals surface area contributed by atoms with Gasteiger partial charge >= 0.3 is 0 Å². The molecular formula is C18H22BrNO. The second-order valence-electron chi connectivity index (χ2n) is 5.24. The van der Waals surface area contributed by atoms with Gasteiger partial charge in [0.2, 0.25) is 0 Å². The first kappa shape index (κ1) is 16.1. The summed E-state index contributed by atoms with van der Waals surface area (Å²) in [6.07, 6.45) is 0. The van der Waals surface area contributed by atoms with E-state index < -0.39 is 0 Å². The van der Waals surface area contributed by atoms with E-state index in [4.69, 9.17) is 4.74 Å². The Morgan fingerprint density at radius 2 is 2.00 bits per heavy atom. The molecular weight excluding hydrogens is 326 g/mol. The van der Waals surface area contributed by atoms with Crippen LogP contribution in [0.5, 0.6) is 5.75 Å². The van der Waals surface area contributed by atoms with E-state index in [2.05, 4.69) is 72.3 Å². The van der Waals surface area contributed by atoms with Crippen LogP contribution in [0.1, 0.15) is 36.6 Å². The third-order valence-electron chi connectivity index (χ3n) is 3.43. The highest BCUT2D eigenvalue weighted by Gasteiger charge is 2.11. The quantitative estimate of drug-likeness (QED) is 0.793. The molecule has 2 aromatic carbocycles. The summed E-state index contributed by atoms with van der Waals surface area (Å²) in [6, 6.07) is 14.9. The van der Waals surface area contributed by atoms with E-state index in [0.717, 1.165) is 22.3 Å². The third kappa shape index (κ3) is 4.58. The van der Waals surface area contributed by atoms with Crippen LogP contribution in [0.15, 0.2) is 46.9 Å². The summed E-state index contributed by atoms with van der Waals surface area (Å²) < 4.78 is 7.14. The number of halogens is 1. The van der Waals surface area contributed by atoms with Crippen LogP contribution in [-0.4, -0.2) is 6.54 Å². The molecule has 0 spiro atoms. The van der Waals surface area contributed by atoms with Gasteiger partial charge in [0.1, 0.15) is 12.4 Å². The average Bonchev–Trinajstić information content (AvgIpc) is 2.45. The molecule has 1 unspecified atom stereocenters. The molecule has 0 aliphatic rings. The standard InChI is InChI=1S/C18H22BrNO/c1-4-20-14(3)17-9-8-13(2)10-18(17)21-12-15-6-5-7-16(19)11-15/h5-11,14,20H,4,12H2,1-3H3. The zero-order valence-electron chi connectivity index (χ0n) is 12.8. The van der Waals surface area contributed by atoms with E-state index in [-0.39, 0.29) is 6.04 Å². The van der Waals surface area contributed by atoms with Gasteiger partial charge in [-0.05, 0) is 49.7 Å². The maximum absolute atomic E-state index is 6.07. The van der Waals surface area contributed by atoms with E-state index in [1.807, 2.05) is 12.1 Å². The molecule has 2 nitrogen and oxygen atoms in total. The molecule has 0 amide bonds. The molecule has 112 valence electrons. The van der Waals surface area contributed by atoms with Gasteiger partial charge in [0.25, 0.3) is 0 Å². The summed E-state index contributed by atoms with van der Waals surface area (Å²) in [4.78, 5) is 0. The Kier molecular flexibility index (Phi) is 5.83. The number of nitrogens with one attached hydrogen (secondary N) is 1. The van der Waals surface area contributed by atoms with E-state index in [1.54, 1.807) is 0 Å². The number of ether oxygens (including phenoxy) is 1. The van der Waals surface area contributed by atoms with E-state index in [0.29, 0.717) is 6.61 Å². The van der Waals surface area contributed by atoms with Crippen molar-refractivity contribution in [2.24, 2.45) is 0 Å². The molecule has 0 aromatic heterocycles. The highest BCUT2D eigenvalue weighted by molar-refractivity contribution is 9.10. The van der Waals surface area contributed by atoms with Gasteiger partial charge < -0.3 is 10.1 Å². The first-order valence-electron chi connectivity index (χ1n) is 7.31. The molecule has 0 fully saturated rings. The third-order valence-corrected chi connectivity index (χ3v) is 3.92. The van der Waals surface area contributed by atoms with Gasteiger partial charge in [0, 0.05) is 16.1 Å². The largest absolute Gasteiger partial charge is 0.489 e. The molecule has 3 heteroatoms. The summed E-state index contributed by atoms with van der Waals surface area (Å²) in [6.45, 7) is 7.90. The lowest BCUT2D eigenvalue weighted by Crippen LogP contribution is -2.18. The van der Waals surface area contributed by atoms with Crippen LogP contribution in [-0.2, 0) is 6.61 Å². The van der Waals surface area contributed by atoms with Gasteiger partial charge in [-0.25, -0.2) is 0 Å².